The number of likely N-dealkylation sites (N-methyl/N-ethyl adjacent to an activating group) is 1. The molecular weight excluding hydrogens is 332 g/mol. The third-order valence-electron chi connectivity index (χ3n) is 3.11. The van der Waals surface area contributed by atoms with Crippen molar-refractivity contribution in [1.29, 1.82) is 0 Å². The second-order valence-electron chi connectivity index (χ2n) is 4.96. The molecule has 0 spiro atoms. The van der Waals surface area contributed by atoms with E-state index in [9.17, 15) is 18.4 Å². The number of rotatable bonds is 4. The zero-order chi connectivity index (χ0) is 16.1. The van der Waals surface area contributed by atoms with Gasteiger partial charge in [0.15, 0.2) is 0 Å². The van der Waals surface area contributed by atoms with E-state index in [-0.39, 0.29) is 30.5 Å². The van der Waals surface area contributed by atoms with Crippen molar-refractivity contribution in [3.05, 3.63) is 29.8 Å². The van der Waals surface area contributed by atoms with Crippen LogP contribution in [0.5, 0.6) is 0 Å². The lowest BCUT2D eigenvalue weighted by atomic mass is 10.2. The number of morpholine rings is 1. The number of carbonyl (C=O) groups is 2. The highest BCUT2D eigenvalue weighted by molar-refractivity contribution is 5.95. The minimum Gasteiger partial charge on any atom is -0.366 e. The van der Waals surface area contributed by atoms with Crippen LogP contribution in [0.25, 0.3) is 0 Å². The summed E-state index contributed by atoms with van der Waals surface area (Å²) in [5.74, 6) is -2.46. The van der Waals surface area contributed by atoms with Crippen molar-refractivity contribution in [2.75, 3.05) is 38.6 Å². The molecule has 9 heteroatoms. The highest BCUT2D eigenvalue weighted by atomic mass is 35.5. The molecule has 2 N–H and O–H groups in total. The van der Waals surface area contributed by atoms with Gasteiger partial charge in [-0.2, -0.15) is 0 Å². The molecule has 1 saturated heterocycles. The fourth-order valence-corrected chi connectivity index (χ4v) is 2.09. The van der Waals surface area contributed by atoms with Gasteiger partial charge in [-0.15, -0.1) is 12.4 Å². The van der Waals surface area contributed by atoms with Crippen molar-refractivity contribution >= 4 is 29.9 Å². The van der Waals surface area contributed by atoms with Crippen LogP contribution in [0.4, 0.5) is 14.5 Å². The van der Waals surface area contributed by atoms with Crippen LogP contribution >= 0.6 is 12.4 Å². The molecule has 0 aliphatic carbocycles. The molecule has 0 radical (unpaired) electrons. The van der Waals surface area contributed by atoms with Crippen LogP contribution in [-0.2, 0) is 14.3 Å². The monoisotopic (exact) mass is 349 g/mol. The van der Waals surface area contributed by atoms with Gasteiger partial charge in [-0.05, 0) is 12.1 Å². The minimum atomic E-state index is -0.790. The fourth-order valence-electron chi connectivity index (χ4n) is 2.09. The van der Waals surface area contributed by atoms with Gasteiger partial charge in [0.2, 0.25) is 5.91 Å². The Hall–Kier alpha value is -1.77. The Labute approximate surface area is 138 Å². The van der Waals surface area contributed by atoms with Crippen LogP contribution in [-0.4, -0.2) is 56.1 Å². The van der Waals surface area contributed by atoms with Gasteiger partial charge in [-0.1, -0.05) is 0 Å². The molecule has 1 unspecified atom stereocenters. The van der Waals surface area contributed by atoms with E-state index in [2.05, 4.69) is 10.6 Å². The first-order valence-corrected chi connectivity index (χ1v) is 6.79. The van der Waals surface area contributed by atoms with Crippen LogP contribution in [0, 0.1) is 11.6 Å². The van der Waals surface area contributed by atoms with Gasteiger partial charge in [-0.25, -0.2) is 8.78 Å². The number of ether oxygens (including phenoxy) is 1. The summed E-state index contributed by atoms with van der Waals surface area (Å²) < 4.78 is 31.4. The molecule has 0 saturated carbocycles. The lowest BCUT2D eigenvalue weighted by Gasteiger charge is -2.26. The molecule has 1 heterocycles. The zero-order valence-corrected chi connectivity index (χ0v) is 13.3. The number of hydrogen-bond donors (Lipinski definition) is 2. The van der Waals surface area contributed by atoms with Crippen molar-refractivity contribution in [3.63, 3.8) is 0 Å². The summed E-state index contributed by atoms with van der Waals surface area (Å²) in [6.07, 6.45) is -0.627. The Kier molecular flexibility index (Phi) is 7.34. The van der Waals surface area contributed by atoms with E-state index < -0.39 is 23.6 Å². The lowest BCUT2D eigenvalue weighted by Crippen LogP contribution is -2.49. The molecule has 0 aromatic heterocycles. The summed E-state index contributed by atoms with van der Waals surface area (Å²) in [5, 5.41) is 5.36. The maximum atomic E-state index is 13.0. The second-order valence-corrected chi connectivity index (χ2v) is 4.96. The van der Waals surface area contributed by atoms with Crippen LogP contribution in [0.15, 0.2) is 18.2 Å². The van der Waals surface area contributed by atoms with Crippen molar-refractivity contribution in [3.8, 4) is 0 Å². The number of nitrogens with one attached hydrogen (secondary N) is 2. The Morgan fingerprint density at radius 3 is 2.57 bits per heavy atom. The van der Waals surface area contributed by atoms with Gasteiger partial charge < -0.3 is 20.3 Å². The minimum absolute atomic E-state index is 0. The predicted molar refractivity (Wildman–Crippen MR) is 82.5 cm³/mol. The van der Waals surface area contributed by atoms with Crippen molar-refractivity contribution < 1.29 is 23.1 Å². The molecule has 2 amide bonds. The summed E-state index contributed by atoms with van der Waals surface area (Å²) in [6.45, 7) is 1.26. The van der Waals surface area contributed by atoms with Crippen molar-refractivity contribution in [1.82, 2.24) is 10.2 Å². The van der Waals surface area contributed by atoms with E-state index in [0.717, 1.165) is 12.1 Å². The summed E-state index contributed by atoms with van der Waals surface area (Å²) >= 11 is 0. The molecule has 0 bridgehead atoms. The number of benzene rings is 1. The van der Waals surface area contributed by atoms with Crippen LogP contribution in [0.2, 0.25) is 0 Å². The first-order valence-electron chi connectivity index (χ1n) is 6.79. The van der Waals surface area contributed by atoms with Gasteiger partial charge in [0.25, 0.3) is 5.91 Å². The molecule has 1 fully saturated rings. The molecule has 1 atom stereocenters. The Morgan fingerprint density at radius 2 is 2.00 bits per heavy atom. The molecule has 1 aromatic rings. The molecule has 128 valence electrons. The molecule has 1 aliphatic rings. The Morgan fingerprint density at radius 1 is 1.35 bits per heavy atom. The van der Waals surface area contributed by atoms with E-state index in [1.54, 1.807) is 0 Å². The van der Waals surface area contributed by atoms with Crippen molar-refractivity contribution in [2.45, 2.75) is 6.10 Å². The molecule has 1 aliphatic heterocycles. The summed E-state index contributed by atoms with van der Waals surface area (Å²) in [5.41, 5.74) is -0.000989. The highest BCUT2D eigenvalue weighted by Crippen LogP contribution is 2.12. The van der Waals surface area contributed by atoms with Crippen LogP contribution < -0.4 is 10.6 Å². The largest absolute Gasteiger partial charge is 0.366 e. The summed E-state index contributed by atoms with van der Waals surface area (Å²) in [4.78, 5) is 25.1. The lowest BCUT2D eigenvalue weighted by molar-refractivity contribution is -0.145. The molecular formula is C14H18ClF2N3O3. The number of halogens is 3. The number of anilines is 1. The second kappa shape index (κ2) is 8.76. The molecule has 23 heavy (non-hydrogen) atoms. The molecule has 6 nitrogen and oxygen atoms in total. The standard InChI is InChI=1S/C14H17F2N3O3.ClH/c1-19(14(21)12-7-17-2-3-22-12)8-13(20)18-11-5-9(15)4-10(16)6-11;/h4-6,12,17H,2-3,7-8H2,1H3,(H,18,20);1H. The first kappa shape index (κ1) is 19.3. The average Bonchev–Trinajstić information content (AvgIpc) is 2.46. The first-order chi connectivity index (χ1) is 10.5. The topological polar surface area (TPSA) is 70.7 Å². The average molecular weight is 350 g/mol. The number of amides is 2. The third-order valence-corrected chi connectivity index (χ3v) is 3.11. The quantitative estimate of drug-likeness (QED) is 0.842. The fraction of sp³-hybridized carbons (Fsp3) is 0.429. The number of carbonyl (C=O) groups excluding carboxylic acids is 2. The van der Waals surface area contributed by atoms with Gasteiger partial charge in [0.1, 0.15) is 17.7 Å². The smallest absolute Gasteiger partial charge is 0.253 e. The van der Waals surface area contributed by atoms with Gasteiger partial charge in [0.05, 0.1) is 13.2 Å². The Balaban J connectivity index is 0.00000264. The predicted octanol–water partition coefficient (Wildman–Crippen LogP) is 0.772. The Bertz CT molecular complexity index is 548. The number of hydrogen-bond acceptors (Lipinski definition) is 4. The highest BCUT2D eigenvalue weighted by Gasteiger charge is 2.25. The van der Waals surface area contributed by atoms with E-state index in [1.165, 1.54) is 11.9 Å². The molecule has 2 rings (SSSR count). The maximum absolute atomic E-state index is 13.0. The third kappa shape index (κ3) is 5.74. The van der Waals surface area contributed by atoms with Crippen LogP contribution in [0.1, 0.15) is 0 Å². The normalized spacial score (nSPS) is 17.1. The van der Waals surface area contributed by atoms with Gasteiger partial charge in [0, 0.05) is 31.9 Å². The van der Waals surface area contributed by atoms with Crippen LogP contribution in [0.3, 0.4) is 0 Å². The molecule has 1 aromatic carbocycles. The van der Waals surface area contributed by atoms with E-state index in [0.29, 0.717) is 25.8 Å². The number of nitrogens with zero attached hydrogens (tertiary/aromatic N) is 1. The van der Waals surface area contributed by atoms with Gasteiger partial charge in [-0.3, -0.25) is 9.59 Å². The van der Waals surface area contributed by atoms with E-state index in [1.807, 2.05) is 0 Å². The SMILES string of the molecule is CN(CC(=O)Nc1cc(F)cc(F)c1)C(=O)C1CNCCO1.Cl. The van der Waals surface area contributed by atoms with Gasteiger partial charge >= 0.3 is 0 Å². The summed E-state index contributed by atoms with van der Waals surface area (Å²) in [6, 6.07) is 2.70. The van der Waals surface area contributed by atoms with E-state index in [4.69, 9.17) is 4.74 Å². The maximum Gasteiger partial charge on any atom is 0.253 e. The summed E-state index contributed by atoms with van der Waals surface area (Å²) in [7, 11) is 1.46. The van der Waals surface area contributed by atoms with E-state index >= 15 is 0 Å². The van der Waals surface area contributed by atoms with Crippen molar-refractivity contribution in [2.24, 2.45) is 0 Å². The zero-order valence-electron chi connectivity index (χ0n) is 12.5.